The molecule has 7 heteroatoms. The maximum atomic E-state index is 14.2. The van der Waals surface area contributed by atoms with Gasteiger partial charge >= 0.3 is 0 Å². The minimum Gasteiger partial charge on any atom is -0.393 e. The average Bonchev–Trinajstić information content (AvgIpc) is 2.96. The first-order valence-corrected chi connectivity index (χ1v) is 13.5. The zero-order valence-electron chi connectivity index (χ0n) is 23.5. The number of carbonyl (C=O) groups is 3. The molecule has 0 saturated heterocycles. The Hall–Kier alpha value is -1.67. The molecule has 4 N–H and O–H groups in total. The minimum absolute atomic E-state index is 0.0255. The van der Waals surface area contributed by atoms with Gasteiger partial charge in [0, 0.05) is 29.6 Å². The van der Waals surface area contributed by atoms with Gasteiger partial charge in [-0.05, 0) is 62.4 Å². The van der Waals surface area contributed by atoms with Gasteiger partial charge in [0.25, 0.3) is 0 Å². The fourth-order valence-electron chi connectivity index (χ4n) is 8.95. The van der Waals surface area contributed by atoms with Crippen LogP contribution in [0.25, 0.3) is 0 Å². The minimum atomic E-state index is -1.95. The number of ketones is 3. The summed E-state index contributed by atoms with van der Waals surface area (Å²) in [5, 5.41) is 43.7. The Morgan fingerprint density at radius 3 is 2.19 bits per heavy atom. The molecule has 0 radical (unpaired) electrons. The quantitative estimate of drug-likeness (QED) is 0.334. The number of allylic oxidation sites excluding steroid dienone is 1. The summed E-state index contributed by atoms with van der Waals surface area (Å²) in [7, 11) is 0. The third-order valence-electron chi connectivity index (χ3n) is 11.2. The predicted octanol–water partition coefficient (Wildman–Crippen LogP) is 2.93. The van der Waals surface area contributed by atoms with Gasteiger partial charge in [0.05, 0.1) is 11.7 Å². The highest BCUT2D eigenvalue weighted by Crippen LogP contribution is 2.74. The van der Waals surface area contributed by atoms with E-state index in [9.17, 15) is 34.8 Å². The summed E-state index contributed by atoms with van der Waals surface area (Å²) in [6.07, 6.45) is 3.49. The lowest BCUT2D eigenvalue weighted by Gasteiger charge is -2.64. The van der Waals surface area contributed by atoms with Crippen LogP contribution < -0.4 is 0 Å². The molecule has 0 aromatic heterocycles. The van der Waals surface area contributed by atoms with Crippen molar-refractivity contribution in [3.8, 4) is 0 Å². The number of hydrogen-bond acceptors (Lipinski definition) is 7. The lowest BCUT2D eigenvalue weighted by atomic mass is 9.38. The van der Waals surface area contributed by atoms with Crippen molar-refractivity contribution in [3.63, 3.8) is 0 Å². The zero-order chi connectivity index (χ0) is 28.1. The van der Waals surface area contributed by atoms with Crippen molar-refractivity contribution in [2.45, 2.75) is 104 Å². The van der Waals surface area contributed by atoms with Crippen LogP contribution in [-0.4, -0.2) is 61.2 Å². The fraction of sp³-hybridized carbons (Fsp3) is 0.767. The highest BCUT2D eigenvalue weighted by atomic mass is 16.3. The maximum Gasteiger partial charge on any atom is 0.187 e. The first kappa shape index (κ1) is 28.3. The largest absolute Gasteiger partial charge is 0.393 e. The average molecular weight is 517 g/mol. The molecule has 9 atom stereocenters. The van der Waals surface area contributed by atoms with E-state index >= 15 is 0 Å². The molecule has 0 heterocycles. The van der Waals surface area contributed by atoms with Gasteiger partial charge in [-0.1, -0.05) is 52.3 Å². The Morgan fingerprint density at radius 1 is 1.03 bits per heavy atom. The Kier molecular flexibility index (Phi) is 6.26. The van der Waals surface area contributed by atoms with Gasteiger partial charge in [0.1, 0.15) is 17.5 Å². The molecule has 0 spiro atoms. The summed E-state index contributed by atoms with van der Waals surface area (Å²) >= 11 is 0. The van der Waals surface area contributed by atoms with Crippen LogP contribution in [0.15, 0.2) is 23.8 Å². The first-order valence-electron chi connectivity index (χ1n) is 13.5. The van der Waals surface area contributed by atoms with Crippen molar-refractivity contribution in [2.24, 2.45) is 39.4 Å². The number of carbonyl (C=O) groups excluding carboxylic acids is 3. The molecular formula is C30H44O7. The van der Waals surface area contributed by atoms with E-state index in [1.165, 1.54) is 26.8 Å². The zero-order valence-corrected chi connectivity index (χ0v) is 23.5. The second-order valence-electron chi connectivity index (χ2n) is 14.3. The number of Topliss-reactive ketones (excluding diaryl/α,β-unsaturated/α-hetero) is 2. The van der Waals surface area contributed by atoms with Crippen molar-refractivity contribution in [2.75, 3.05) is 0 Å². The van der Waals surface area contributed by atoms with Gasteiger partial charge in [-0.25, -0.2) is 0 Å². The summed E-state index contributed by atoms with van der Waals surface area (Å²) < 4.78 is 0. The Balaban J connectivity index is 1.80. The molecule has 4 aliphatic carbocycles. The highest BCUT2D eigenvalue weighted by Gasteiger charge is 2.74. The number of fused-ring (bicyclic) bond motifs is 5. The molecule has 2 unspecified atom stereocenters. The lowest BCUT2D eigenvalue weighted by Crippen LogP contribution is -2.65. The van der Waals surface area contributed by atoms with Crippen molar-refractivity contribution < 1.29 is 34.8 Å². The summed E-state index contributed by atoms with van der Waals surface area (Å²) in [4.78, 5) is 40.3. The summed E-state index contributed by atoms with van der Waals surface area (Å²) in [5.41, 5.74) is -5.36. The van der Waals surface area contributed by atoms with E-state index in [1.807, 2.05) is 27.7 Å². The van der Waals surface area contributed by atoms with Gasteiger partial charge in [-0.2, -0.15) is 0 Å². The lowest BCUT2D eigenvalue weighted by molar-refractivity contribution is -0.183. The Bertz CT molecular complexity index is 1090. The van der Waals surface area contributed by atoms with E-state index in [0.717, 1.165) is 11.6 Å². The standard InChI is InChI=1S/C30H44O7/c1-25(2,36)12-11-21(33)30(8,37)23-19(32)14-27(5)20-10-9-16-17(13-18(31)24(35)26(16,3)4)29(20,7)22(34)15-28(23,27)6/h9,11-12,17,19-20,23-24,32,35-37H,10,13-15H2,1-8H3/b12-11+/t17-,19-,20+,23+,24?,27+,28-,29+,30?/m1/s1. The molecular weight excluding hydrogens is 472 g/mol. The fourth-order valence-corrected chi connectivity index (χ4v) is 8.95. The monoisotopic (exact) mass is 516 g/mol. The molecule has 37 heavy (non-hydrogen) atoms. The molecule has 0 aromatic carbocycles. The van der Waals surface area contributed by atoms with Gasteiger partial charge < -0.3 is 20.4 Å². The molecule has 4 aliphatic rings. The normalized spacial score (nSPS) is 45.1. The summed E-state index contributed by atoms with van der Waals surface area (Å²) in [6.45, 7) is 14.1. The van der Waals surface area contributed by atoms with E-state index in [2.05, 4.69) is 13.0 Å². The van der Waals surface area contributed by atoms with Crippen molar-refractivity contribution >= 4 is 17.3 Å². The van der Waals surface area contributed by atoms with Crippen LogP contribution >= 0.6 is 0 Å². The Morgan fingerprint density at radius 2 is 1.62 bits per heavy atom. The van der Waals surface area contributed by atoms with Gasteiger partial charge in [0.15, 0.2) is 11.6 Å². The summed E-state index contributed by atoms with van der Waals surface area (Å²) in [6, 6.07) is 0. The topological polar surface area (TPSA) is 132 Å². The van der Waals surface area contributed by atoms with E-state index < -0.39 is 56.8 Å². The second kappa shape index (κ2) is 8.17. The third kappa shape index (κ3) is 3.71. The molecule has 3 saturated carbocycles. The van der Waals surface area contributed by atoms with Gasteiger partial charge in [0.2, 0.25) is 0 Å². The molecule has 7 nitrogen and oxygen atoms in total. The van der Waals surface area contributed by atoms with Crippen LogP contribution in [-0.2, 0) is 14.4 Å². The molecule has 0 aliphatic heterocycles. The number of rotatable bonds is 4. The summed E-state index contributed by atoms with van der Waals surface area (Å²) in [5.74, 6) is -2.34. The molecule has 0 aromatic rings. The third-order valence-corrected chi connectivity index (χ3v) is 11.2. The van der Waals surface area contributed by atoms with Crippen molar-refractivity contribution in [3.05, 3.63) is 23.8 Å². The van der Waals surface area contributed by atoms with Gasteiger partial charge in [-0.3, -0.25) is 14.4 Å². The van der Waals surface area contributed by atoms with Crippen LogP contribution in [0.4, 0.5) is 0 Å². The SMILES string of the molecule is CC(C)(O)/C=C/C(=O)C(C)(O)[C@H]1[C@H](O)C[C@@]2(C)[C@@H]3CC=C4[C@@H](CC(=O)C(O)C4(C)C)[C@]3(C)C(=O)C[C@]12C. The van der Waals surface area contributed by atoms with E-state index in [1.54, 1.807) is 0 Å². The van der Waals surface area contributed by atoms with Crippen LogP contribution in [0, 0.1) is 39.4 Å². The van der Waals surface area contributed by atoms with Crippen LogP contribution in [0.1, 0.15) is 81.1 Å². The number of aliphatic hydroxyl groups excluding tert-OH is 2. The molecule has 4 rings (SSSR count). The van der Waals surface area contributed by atoms with E-state index in [-0.39, 0.29) is 36.2 Å². The van der Waals surface area contributed by atoms with E-state index in [4.69, 9.17) is 0 Å². The van der Waals surface area contributed by atoms with Crippen LogP contribution in [0.2, 0.25) is 0 Å². The predicted molar refractivity (Wildman–Crippen MR) is 138 cm³/mol. The maximum absolute atomic E-state index is 14.2. The van der Waals surface area contributed by atoms with Gasteiger partial charge in [-0.15, -0.1) is 0 Å². The number of hydrogen-bond donors (Lipinski definition) is 4. The van der Waals surface area contributed by atoms with Crippen LogP contribution in [0.5, 0.6) is 0 Å². The smallest absolute Gasteiger partial charge is 0.187 e. The molecule has 3 fully saturated rings. The van der Waals surface area contributed by atoms with Crippen molar-refractivity contribution in [1.82, 2.24) is 0 Å². The highest BCUT2D eigenvalue weighted by molar-refractivity contribution is 5.97. The molecule has 206 valence electrons. The Labute approximate surface area is 220 Å². The molecule has 0 amide bonds. The van der Waals surface area contributed by atoms with Crippen molar-refractivity contribution in [1.29, 1.82) is 0 Å². The number of aliphatic hydroxyl groups is 4. The second-order valence-corrected chi connectivity index (χ2v) is 14.3. The molecule has 0 bridgehead atoms. The first-order chi connectivity index (χ1) is 16.7. The van der Waals surface area contributed by atoms with Crippen LogP contribution in [0.3, 0.4) is 0 Å². The van der Waals surface area contributed by atoms with E-state index in [0.29, 0.717) is 12.8 Å².